The van der Waals surface area contributed by atoms with Gasteiger partial charge in [0.2, 0.25) is 0 Å². The molecule has 1 rings (SSSR count). The van der Waals surface area contributed by atoms with Crippen LogP contribution in [0.5, 0.6) is 0 Å². The van der Waals surface area contributed by atoms with Gasteiger partial charge >= 0.3 is 0 Å². The normalized spacial score (nSPS) is 19.4. The minimum absolute atomic E-state index is 0.0956. The van der Waals surface area contributed by atoms with Gasteiger partial charge in [-0.2, -0.15) is 0 Å². The third-order valence-corrected chi connectivity index (χ3v) is 4.10. The summed E-state index contributed by atoms with van der Waals surface area (Å²) < 4.78 is 11.3. The summed E-state index contributed by atoms with van der Waals surface area (Å²) in [6, 6.07) is 0. The Labute approximate surface area is 132 Å². The minimum atomic E-state index is 0.0956. The molecule has 1 aliphatic rings. The van der Waals surface area contributed by atoms with Gasteiger partial charge in [-0.05, 0) is 44.9 Å². The molecule has 2 heteroatoms. The number of hydrogen-bond acceptors (Lipinski definition) is 2. The van der Waals surface area contributed by atoms with E-state index in [0.717, 1.165) is 19.6 Å². The van der Waals surface area contributed by atoms with E-state index in [-0.39, 0.29) is 6.29 Å². The number of ether oxygens (including phenoxy) is 2. The predicted molar refractivity (Wildman–Crippen MR) is 90.5 cm³/mol. The zero-order valence-electron chi connectivity index (χ0n) is 14.2. The van der Waals surface area contributed by atoms with Crippen molar-refractivity contribution in [1.82, 2.24) is 0 Å². The Hall–Kier alpha value is -0.340. The molecule has 0 aromatic rings. The highest BCUT2D eigenvalue weighted by molar-refractivity contribution is 4.81. The van der Waals surface area contributed by atoms with Crippen molar-refractivity contribution in [2.45, 2.75) is 96.7 Å². The summed E-state index contributed by atoms with van der Waals surface area (Å²) >= 11 is 0. The van der Waals surface area contributed by atoms with Crippen molar-refractivity contribution >= 4 is 0 Å². The maximum absolute atomic E-state index is 5.74. The predicted octanol–water partition coefficient (Wildman–Crippen LogP) is 6.01. The molecule has 1 unspecified atom stereocenters. The number of rotatable bonds is 13. The van der Waals surface area contributed by atoms with E-state index in [1.165, 1.54) is 77.0 Å². The van der Waals surface area contributed by atoms with Crippen molar-refractivity contribution < 1.29 is 9.47 Å². The van der Waals surface area contributed by atoms with Gasteiger partial charge in [0.1, 0.15) is 0 Å². The van der Waals surface area contributed by atoms with E-state index >= 15 is 0 Å². The van der Waals surface area contributed by atoms with E-state index in [4.69, 9.17) is 9.47 Å². The van der Waals surface area contributed by atoms with Gasteiger partial charge in [0.05, 0.1) is 0 Å². The van der Waals surface area contributed by atoms with E-state index in [1.54, 1.807) is 0 Å². The number of hydrogen-bond donors (Lipinski definition) is 0. The minimum Gasteiger partial charge on any atom is -0.353 e. The molecule has 1 saturated heterocycles. The molecular formula is C19H36O2. The summed E-state index contributed by atoms with van der Waals surface area (Å²) in [6.45, 7) is 4.02. The highest BCUT2D eigenvalue weighted by Gasteiger charge is 2.13. The van der Waals surface area contributed by atoms with E-state index in [0.29, 0.717) is 0 Å². The third kappa shape index (κ3) is 11.9. The summed E-state index contributed by atoms with van der Waals surface area (Å²) in [4.78, 5) is 0. The standard InChI is InChI=1S/C19H36O2/c1-2-3-4-5-6-7-8-9-10-11-12-14-17-20-19-16-13-15-18-21-19/h5-6,19H,2-4,7-18H2,1H3/b6-5+. The number of allylic oxidation sites excluding steroid dienone is 2. The molecule has 0 amide bonds. The first-order valence-corrected chi connectivity index (χ1v) is 9.31. The van der Waals surface area contributed by atoms with E-state index in [1.807, 2.05) is 0 Å². The highest BCUT2D eigenvalue weighted by Crippen LogP contribution is 2.14. The molecule has 1 atom stereocenters. The largest absolute Gasteiger partial charge is 0.353 e. The zero-order valence-corrected chi connectivity index (χ0v) is 14.2. The average molecular weight is 296 g/mol. The Kier molecular flexibility index (Phi) is 13.0. The van der Waals surface area contributed by atoms with E-state index < -0.39 is 0 Å². The molecule has 0 aromatic heterocycles. The van der Waals surface area contributed by atoms with Crippen LogP contribution in [0.25, 0.3) is 0 Å². The smallest absolute Gasteiger partial charge is 0.157 e. The monoisotopic (exact) mass is 296 g/mol. The van der Waals surface area contributed by atoms with Gasteiger partial charge in [0.25, 0.3) is 0 Å². The topological polar surface area (TPSA) is 18.5 Å². The first-order valence-electron chi connectivity index (χ1n) is 9.31. The Morgan fingerprint density at radius 1 is 0.905 bits per heavy atom. The summed E-state index contributed by atoms with van der Waals surface area (Å²) in [7, 11) is 0. The quantitative estimate of drug-likeness (QED) is 0.306. The second kappa shape index (κ2) is 14.6. The summed E-state index contributed by atoms with van der Waals surface area (Å²) in [6.07, 6.45) is 21.5. The van der Waals surface area contributed by atoms with Gasteiger partial charge in [0, 0.05) is 13.2 Å². The molecule has 0 spiro atoms. The Bertz CT molecular complexity index is 232. The second-order valence-electron chi connectivity index (χ2n) is 6.19. The average Bonchev–Trinajstić information content (AvgIpc) is 2.53. The fourth-order valence-corrected chi connectivity index (χ4v) is 2.69. The van der Waals surface area contributed by atoms with Crippen LogP contribution >= 0.6 is 0 Å². The summed E-state index contributed by atoms with van der Waals surface area (Å²) in [5, 5.41) is 0. The first kappa shape index (κ1) is 18.7. The van der Waals surface area contributed by atoms with Gasteiger partial charge in [-0.3, -0.25) is 0 Å². The molecule has 124 valence electrons. The van der Waals surface area contributed by atoms with Gasteiger partial charge in [-0.1, -0.05) is 57.6 Å². The van der Waals surface area contributed by atoms with Gasteiger partial charge in [-0.25, -0.2) is 0 Å². The van der Waals surface area contributed by atoms with Crippen LogP contribution in [0.15, 0.2) is 12.2 Å². The lowest BCUT2D eigenvalue weighted by atomic mass is 10.1. The van der Waals surface area contributed by atoms with Crippen LogP contribution in [0.2, 0.25) is 0 Å². The second-order valence-corrected chi connectivity index (χ2v) is 6.19. The van der Waals surface area contributed by atoms with Crippen molar-refractivity contribution in [1.29, 1.82) is 0 Å². The van der Waals surface area contributed by atoms with Crippen LogP contribution in [0, 0.1) is 0 Å². The fraction of sp³-hybridized carbons (Fsp3) is 0.895. The molecule has 21 heavy (non-hydrogen) atoms. The van der Waals surface area contributed by atoms with Crippen molar-refractivity contribution in [3.63, 3.8) is 0 Å². The van der Waals surface area contributed by atoms with Crippen LogP contribution in [0.4, 0.5) is 0 Å². The van der Waals surface area contributed by atoms with Crippen LogP contribution in [0.1, 0.15) is 90.4 Å². The first-order chi connectivity index (χ1) is 10.4. The van der Waals surface area contributed by atoms with Crippen LogP contribution < -0.4 is 0 Å². The molecule has 2 nitrogen and oxygen atoms in total. The molecule has 1 fully saturated rings. The molecule has 0 N–H and O–H groups in total. The SMILES string of the molecule is CCCC/C=C/CCCCCCCCOC1CCCCO1. The molecule has 0 bridgehead atoms. The van der Waals surface area contributed by atoms with Gasteiger partial charge in [0.15, 0.2) is 6.29 Å². The van der Waals surface area contributed by atoms with Crippen LogP contribution in [-0.4, -0.2) is 19.5 Å². The summed E-state index contributed by atoms with van der Waals surface area (Å²) in [5.41, 5.74) is 0. The molecule has 0 aliphatic carbocycles. The molecule has 0 radical (unpaired) electrons. The van der Waals surface area contributed by atoms with Crippen molar-refractivity contribution in [2.24, 2.45) is 0 Å². The van der Waals surface area contributed by atoms with Crippen LogP contribution in [-0.2, 0) is 9.47 Å². The third-order valence-electron chi connectivity index (χ3n) is 4.10. The molecular weight excluding hydrogens is 260 g/mol. The lowest BCUT2D eigenvalue weighted by molar-refractivity contribution is -0.162. The molecule has 0 aromatic carbocycles. The van der Waals surface area contributed by atoms with Crippen molar-refractivity contribution in [3.8, 4) is 0 Å². The Morgan fingerprint density at radius 2 is 1.62 bits per heavy atom. The Morgan fingerprint density at radius 3 is 2.33 bits per heavy atom. The zero-order chi connectivity index (χ0) is 15.0. The van der Waals surface area contributed by atoms with Gasteiger partial charge < -0.3 is 9.47 Å². The molecule has 1 heterocycles. The highest BCUT2D eigenvalue weighted by atomic mass is 16.7. The van der Waals surface area contributed by atoms with E-state index in [9.17, 15) is 0 Å². The molecule has 0 saturated carbocycles. The maximum Gasteiger partial charge on any atom is 0.157 e. The Balaban J connectivity index is 1.73. The maximum atomic E-state index is 5.74. The van der Waals surface area contributed by atoms with Crippen molar-refractivity contribution in [3.05, 3.63) is 12.2 Å². The summed E-state index contributed by atoms with van der Waals surface area (Å²) in [5.74, 6) is 0. The van der Waals surface area contributed by atoms with Crippen LogP contribution in [0.3, 0.4) is 0 Å². The molecule has 1 aliphatic heterocycles. The lowest BCUT2D eigenvalue weighted by Gasteiger charge is -2.22. The number of unbranched alkanes of at least 4 members (excludes halogenated alkanes) is 8. The van der Waals surface area contributed by atoms with Crippen molar-refractivity contribution in [2.75, 3.05) is 13.2 Å². The van der Waals surface area contributed by atoms with E-state index in [2.05, 4.69) is 19.1 Å². The fourth-order valence-electron chi connectivity index (χ4n) is 2.69. The van der Waals surface area contributed by atoms with Gasteiger partial charge in [-0.15, -0.1) is 0 Å². The lowest BCUT2D eigenvalue weighted by Crippen LogP contribution is -2.22.